The maximum Gasteiger partial charge on any atom is 0.266 e. The van der Waals surface area contributed by atoms with Crippen molar-refractivity contribution in [3.8, 4) is 0 Å². The SMILES string of the molecule is NCc1ccc([SiH](Cl)Cl)cc1. The summed E-state index contributed by atoms with van der Waals surface area (Å²) < 4.78 is 0. The van der Waals surface area contributed by atoms with Crippen LogP contribution in [0.5, 0.6) is 0 Å². The maximum atomic E-state index is 5.77. The van der Waals surface area contributed by atoms with Gasteiger partial charge in [-0.25, -0.2) is 0 Å². The van der Waals surface area contributed by atoms with E-state index in [2.05, 4.69) is 0 Å². The molecule has 2 N–H and O–H groups in total. The summed E-state index contributed by atoms with van der Waals surface area (Å²) in [6.45, 7) is 0.567. The fourth-order valence-corrected chi connectivity index (χ4v) is 2.16. The third-order valence-corrected chi connectivity index (χ3v) is 3.87. The number of halogens is 2. The molecule has 1 rings (SSSR count). The minimum Gasteiger partial charge on any atom is -0.326 e. The van der Waals surface area contributed by atoms with E-state index in [1.54, 1.807) is 0 Å². The van der Waals surface area contributed by atoms with Crippen molar-refractivity contribution < 1.29 is 0 Å². The third-order valence-electron chi connectivity index (χ3n) is 1.47. The first-order chi connectivity index (χ1) is 5.24. The van der Waals surface area contributed by atoms with E-state index in [1.165, 1.54) is 0 Å². The molecule has 1 aromatic rings. The Hall–Kier alpha value is -0.0231. The normalized spacial score (nSPS) is 10.5. The fraction of sp³-hybridized carbons (Fsp3) is 0.143. The number of benzene rings is 1. The van der Waals surface area contributed by atoms with Crippen LogP contribution in [0.4, 0.5) is 0 Å². The molecule has 11 heavy (non-hydrogen) atoms. The van der Waals surface area contributed by atoms with E-state index in [-0.39, 0.29) is 0 Å². The lowest BCUT2D eigenvalue weighted by Gasteiger charge is -2.00. The molecule has 4 heteroatoms. The van der Waals surface area contributed by atoms with Gasteiger partial charge < -0.3 is 5.73 Å². The summed E-state index contributed by atoms with van der Waals surface area (Å²) in [5, 5.41) is 1.05. The molecule has 0 bridgehead atoms. The van der Waals surface area contributed by atoms with E-state index < -0.39 is 7.42 Å². The zero-order chi connectivity index (χ0) is 8.27. The quantitative estimate of drug-likeness (QED) is 0.568. The number of nitrogens with two attached hydrogens (primary N) is 1. The van der Waals surface area contributed by atoms with Crippen molar-refractivity contribution in [3.05, 3.63) is 29.8 Å². The Balaban J connectivity index is 2.83. The average molecular weight is 206 g/mol. The van der Waals surface area contributed by atoms with Gasteiger partial charge in [-0.05, 0) is 10.8 Å². The van der Waals surface area contributed by atoms with Gasteiger partial charge in [-0.3, -0.25) is 0 Å². The standard InChI is InChI=1S/C7H9Cl2NSi/c8-11(9)7-3-1-6(5-10)2-4-7/h1-4,11H,5,10H2. The van der Waals surface area contributed by atoms with Crippen molar-refractivity contribution in [2.24, 2.45) is 5.73 Å². The second-order valence-electron chi connectivity index (χ2n) is 2.25. The Morgan fingerprint density at radius 3 is 2.09 bits per heavy atom. The van der Waals surface area contributed by atoms with Gasteiger partial charge in [0, 0.05) is 6.54 Å². The summed E-state index contributed by atoms with van der Waals surface area (Å²) in [5.74, 6) is 0. The lowest BCUT2D eigenvalue weighted by atomic mass is 10.2. The number of hydrogen-bond acceptors (Lipinski definition) is 1. The van der Waals surface area contributed by atoms with Gasteiger partial charge in [0.2, 0.25) is 0 Å². The average Bonchev–Trinajstić information content (AvgIpc) is 2.05. The van der Waals surface area contributed by atoms with Crippen LogP contribution in [0, 0.1) is 0 Å². The van der Waals surface area contributed by atoms with E-state index in [4.69, 9.17) is 27.9 Å². The summed E-state index contributed by atoms with van der Waals surface area (Å²) >= 11 is 11.5. The van der Waals surface area contributed by atoms with Gasteiger partial charge in [0.15, 0.2) is 0 Å². The van der Waals surface area contributed by atoms with E-state index in [0.717, 1.165) is 10.8 Å². The predicted molar refractivity (Wildman–Crippen MR) is 52.8 cm³/mol. The second-order valence-corrected chi connectivity index (χ2v) is 6.80. The molecule has 0 aliphatic carbocycles. The van der Waals surface area contributed by atoms with Crippen LogP contribution in [0.1, 0.15) is 5.56 Å². The summed E-state index contributed by atoms with van der Waals surface area (Å²) in [6, 6.07) is 7.80. The lowest BCUT2D eigenvalue weighted by Crippen LogP contribution is -2.17. The van der Waals surface area contributed by atoms with Crippen LogP contribution >= 0.6 is 22.2 Å². The first-order valence-electron chi connectivity index (χ1n) is 3.31. The van der Waals surface area contributed by atoms with E-state index in [1.807, 2.05) is 24.3 Å². The van der Waals surface area contributed by atoms with Gasteiger partial charge in [-0.1, -0.05) is 24.3 Å². The van der Waals surface area contributed by atoms with Crippen molar-refractivity contribution >= 4 is 34.8 Å². The molecule has 0 heterocycles. The zero-order valence-electron chi connectivity index (χ0n) is 5.93. The highest BCUT2D eigenvalue weighted by Gasteiger charge is 2.04. The van der Waals surface area contributed by atoms with Gasteiger partial charge in [-0.2, -0.15) is 0 Å². The van der Waals surface area contributed by atoms with Crippen LogP contribution in [-0.2, 0) is 6.54 Å². The van der Waals surface area contributed by atoms with Crippen LogP contribution < -0.4 is 10.9 Å². The summed E-state index contributed by atoms with van der Waals surface area (Å²) in [5.41, 5.74) is 6.53. The monoisotopic (exact) mass is 205 g/mol. The summed E-state index contributed by atoms with van der Waals surface area (Å²) in [6.07, 6.45) is 0. The highest BCUT2D eigenvalue weighted by atomic mass is 35.7. The van der Waals surface area contributed by atoms with Gasteiger partial charge in [0.25, 0.3) is 7.42 Å². The molecule has 0 aromatic heterocycles. The number of hydrogen-bond donors (Lipinski definition) is 1. The van der Waals surface area contributed by atoms with Crippen LogP contribution in [0.3, 0.4) is 0 Å². The van der Waals surface area contributed by atoms with Gasteiger partial charge >= 0.3 is 0 Å². The molecule has 0 atom stereocenters. The molecular formula is C7H9Cl2NSi. The fourth-order valence-electron chi connectivity index (χ4n) is 0.799. The van der Waals surface area contributed by atoms with E-state index in [9.17, 15) is 0 Å². The van der Waals surface area contributed by atoms with Crippen LogP contribution in [-0.4, -0.2) is 7.42 Å². The van der Waals surface area contributed by atoms with Crippen molar-refractivity contribution in [3.63, 3.8) is 0 Å². The summed E-state index contributed by atoms with van der Waals surface area (Å²) in [7, 11) is -1.66. The minimum absolute atomic E-state index is 0.567. The molecule has 0 amide bonds. The van der Waals surface area contributed by atoms with E-state index >= 15 is 0 Å². The molecule has 0 fully saturated rings. The molecular weight excluding hydrogens is 197 g/mol. The maximum absolute atomic E-state index is 5.77. The Morgan fingerprint density at radius 2 is 1.73 bits per heavy atom. The third kappa shape index (κ3) is 2.49. The Kier molecular flexibility index (Phi) is 3.39. The number of rotatable bonds is 2. The predicted octanol–water partition coefficient (Wildman–Crippen LogP) is 1.05. The Labute approximate surface area is 77.1 Å². The molecule has 0 saturated heterocycles. The van der Waals surface area contributed by atoms with Crippen molar-refractivity contribution in [1.82, 2.24) is 0 Å². The van der Waals surface area contributed by atoms with Crippen LogP contribution in [0.25, 0.3) is 0 Å². The van der Waals surface area contributed by atoms with Crippen LogP contribution in [0.15, 0.2) is 24.3 Å². The largest absolute Gasteiger partial charge is 0.326 e. The molecule has 0 unspecified atom stereocenters. The van der Waals surface area contributed by atoms with Gasteiger partial charge in [0.1, 0.15) is 0 Å². The van der Waals surface area contributed by atoms with Crippen molar-refractivity contribution in [1.29, 1.82) is 0 Å². The van der Waals surface area contributed by atoms with E-state index in [0.29, 0.717) is 6.54 Å². The van der Waals surface area contributed by atoms with Gasteiger partial charge in [-0.15, -0.1) is 22.2 Å². The smallest absolute Gasteiger partial charge is 0.266 e. The molecule has 0 radical (unpaired) electrons. The zero-order valence-corrected chi connectivity index (χ0v) is 8.59. The molecule has 60 valence electrons. The summed E-state index contributed by atoms with van der Waals surface area (Å²) in [4.78, 5) is 0. The molecule has 0 aliphatic rings. The molecule has 1 aromatic carbocycles. The first-order valence-corrected chi connectivity index (χ1v) is 7.38. The van der Waals surface area contributed by atoms with Gasteiger partial charge in [0.05, 0.1) is 0 Å². The first kappa shape index (κ1) is 9.07. The molecule has 0 spiro atoms. The van der Waals surface area contributed by atoms with Crippen LogP contribution in [0.2, 0.25) is 0 Å². The highest BCUT2D eigenvalue weighted by Crippen LogP contribution is 2.00. The second kappa shape index (κ2) is 4.12. The lowest BCUT2D eigenvalue weighted by molar-refractivity contribution is 1.07. The Morgan fingerprint density at radius 1 is 1.18 bits per heavy atom. The molecule has 0 aliphatic heterocycles. The minimum atomic E-state index is -1.66. The molecule has 1 nitrogen and oxygen atoms in total. The van der Waals surface area contributed by atoms with Crippen molar-refractivity contribution in [2.75, 3.05) is 0 Å². The van der Waals surface area contributed by atoms with Crippen molar-refractivity contribution in [2.45, 2.75) is 6.54 Å². The highest BCUT2D eigenvalue weighted by molar-refractivity contribution is 7.39. The Bertz CT molecular complexity index is 222. The topological polar surface area (TPSA) is 26.0 Å². The molecule has 0 saturated carbocycles.